The number of benzene rings is 2. The maximum Gasteiger partial charge on any atom is 0.122 e. The lowest BCUT2D eigenvalue weighted by atomic mass is 10.00. The third kappa shape index (κ3) is 5.04. The summed E-state index contributed by atoms with van der Waals surface area (Å²) in [6.45, 7) is 9.23. The zero-order valence-electron chi connectivity index (χ0n) is 19.4. The molecule has 0 spiro atoms. The van der Waals surface area contributed by atoms with Gasteiger partial charge < -0.3 is 9.84 Å². The number of aliphatic hydroxyl groups excluding tert-OH is 1. The predicted octanol–water partition coefficient (Wildman–Crippen LogP) is 3.57. The summed E-state index contributed by atoms with van der Waals surface area (Å²) in [5.41, 5.74) is 6.13. The van der Waals surface area contributed by atoms with Crippen LogP contribution in [0.5, 0.6) is 5.75 Å². The molecule has 1 N–H and O–H groups in total. The van der Waals surface area contributed by atoms with Gasteiger partial charge in [-0.2, -0.15) is 5.10 Å². The Morgan fingerprint density at radius 2 is 1.84 bits per heavy atom. The molecule has 3 aromatic rings. The van der Waals surface area contributed by atoms with E-state index in [0.29, 0.717) is 6.04 Å². The Morgan fingerprint density at radius 1 is 1.03 bits per heavy atom. The van der Waals surface area contributed by atoms with Gasteiger partial charge in [0, 0.05) is 57.1 Å². The molecule has 0 aliphatic carbocycles. The minimum absolute atomic E-state index is 0.210. The number of para-hydroxylation sites is 1. The van der Waals surface area contributed by atoms with E-state index >= 15 is 0 Å². The van der Waals surface area contributed by atoms with Crippen molar-refractivity contribution in [3.63, 3.8) is 0 Å². The average Bonchev–Trinajstić information content (AvgIpc) is 3.28. The van der Waals surface area contributed by atoms with Gasteiger partial charge in [-0.3, -0.25) is 9.80 Å². The van der Waals surface area contributed by atoms with E-state index in [9.17, 15) is 5.11 Å². The topological polar surface area (TPSA) is 53.8 Å². The molecule has 0 unspecified atom stereocenters. The van der Waals surface area contributed by atoms with Gasteiger partial charge >= 0.3 is 0 Å². The maximum absolute atomic E-state index is 9.70. The number of aliphatic hydroxyl groups is 1. The van der Waals surface area contributed by atoms with E-state index in [1.54, 1.807) is 7.11 Å². The lowest BCUT2D eigenvalue weighted by Crippen LogP contribution is -2.52. The molecule has 2 aromatic carbocycles. The molecule has 0 radical (unpaired) electrons. The molecule has 1 aromatic heterocycles. The maximum atomic E-state index is 9.70. The number of hydrogen-bond donors (Lipinski definition) is 1. The van der Waals surface area contributed by atoms with Gasteiger partial charge in [0.1, 0.15) is 5.75 Å². The van der Waals surface area contributed by atoms with Crippen molar-refractivity contribution in [1.82, 2.24) is 19.6 Å². The van der Waals surface area contributed by atoms with Gasteiger partial charge in [-0.1, -0.05) is 24.3 Å². The Kier molecular flexibility index (Phi) is 7.25. The Balaban J connectivity index is 1.41. The van der Waals surface area contributed by atoms with Crippen LogP contribution >= 0.6 is 0 Å². The molecular weight excluding hydrogens is 400 g/mol. The molecule has 32 heavy (non-hydrogen) atoms. The zero-order chi connectivity index (χ0) is 22.5. The lowest BCUT2D eigenvalue weighted by Gasteiger charge is -2.41. The van der Waals surface area contributed by atoms with E-state index < -0.39 is 0 Å². The molecule has 0 saturated carbocycles. The fraction of sp³-hybridized carbons (Fsp3) is 0.423. The quantitative estimate of drug-likeness (QED) is 0.588. The Bertz CT molecular complexity index is 1020. The number of nitrogens with zero attached hydrogens (tertiary/aromatic N) is 4. The zero-order valence-corrected chi connectivity index (χ0v) is 19.4. The summed E-state index contributed by atoms with van der Waals surface area (Å²) in [4.78, 5) is 5.00. The fourth-order valence-corrected chi connectivity index (χ4v) is 4.62. The van der Waals surface area contributed by atoms with Crippen molar-refractivity contribution in [2.75, 3.05) is 33.4 Å². The molecule has 2 heterocycles. The second-order valence-corrected chi connectivity index (χ2v) is 8.68. The normalized spacial score (nSPS) is 17.6. The summed E-state index contributed by atoms with van der Waals surface area (Å²) < 4.78 is 7.41. The first-order valence-corrected chi connectivity index (χ1v) is 11.4. The summed E-state index contributed by atoms with van der Waals surface area (Å²) in [6, 6.07) is 14.8. The standard InChI is InChI=1S/C26H34N4O2/c1-20-21(2)26(32-3)10-9-23(20)18-29-13-12-28(19-25(29)11-14-31)16-22-15-27-30(17-22)24-7-5-4-6-8-24/h4-10,15,17,25,31H,11-14,16,18-19H2,1-3H3/t25-/m1/s1. The van der Waals surface area contributed by atoms with Crippen molar-refractivity contribution < 1.29 is 9.84 Å². The smallest absolute Gasteiger partial charge is 0.122 e. The number of methoxy groups -OCH3 is 1. The van der Waals surface area contributed by atoms with Crippen LogP contribution in [0.2, 0.25) is 0 Å². The lowest BCUT2D eigenvalue weighted by molar-refractivity contribution is 0.0498. The first-order valence-electron chi connectivity index (χ1n) is 11.4. The van der Waals surface area contributed by atoms with Crippen LogP contribution < -0.4 is 4.74 Å². The second kappa shape index (κ2) is 10.3. The van der Waals surface area contributed by atoms with Crippen molar-refractivity contribution in [1.29, 1.82) is 0 Å². The van der Waals surface area contributed by atoms with Gasteiger partial charge in [0.15, 0.2) is 0 Å². The highest BCUT2D eigenvalue weighted by molar-refractivity contribution is 5.43. The van der Waals surface area contributed by atoms with Crippen LogP contribution in [0.15, 0.2) is 54.9 Å². The van der Waals surface area contributed by atoms with Gasteiger partial charge in [-0.05, 0) is 55.2 Å². The van der Waals surface area contributed by atoms with Gasteiger partial charge in [0.05, 0.1) is 19.0 Å². The highest BCUT2D eigenvalue weighted by Crippen LogP contribution is 2.26. The van der Waals surface area contributed by atoms with E-state index in [2.05, 4.69) is 59.2 Å². The number of hydrogen-bond acceptors (Lipinski definition) is 5. The largest absolute Gasteiger partial charge is 0.496 e. The summed E-state index contributed by atoms with van der Waals surface area (Å²) >= 11 is 0. The third-order valence-electron chi connectivity index (χ3n) is 6.66. The molecule has 6 heteroatoms. The second-order valence-electron chi connectivity index (χ2n) is 8.68. The van der Waals surface area contributed by atoms with Crippen molar-refractivity contribution in [2.45, 2.75) is 39.4 Å². The number of ether oxygens (including phenoxy) is 1. The van der Waals surface area contributed by atoms with Crippen LogP contribution in [-0.4, -0.2) is 64.1 Å². The van der Waals surface area contributed by atoms with E-state index in [1.807, 2.05) is 29.1 Å². The molecule has 1 aliphatic rings. The molecule has 1 atom stereocenters. The Morgan fingerprint density at radius 3 is 2.59 bits per heavy atom. The minimum atomic E-state index is 0.210. The fourth-order valence-electron chi connectivity index (χ4n) is 4.62. The van der Waals surface area contributed by atoms with Crippen LogP contribution in [0.25, 0.3) is 5.69 Å². The van der Waals surface area contributed by atoms with Crippen LogP contribution in [0.1, 0.15) is 28.7 Å². The van der Waals surface area contributed by atoms with Crippen LogP contribution in [0.3, 0.4) is 0 Å². The summed E-state index contributed by atoms with van der Waals surface area (Å²) in [6.07, 6.45) is 4.87. The van der Waals surface area contributed by atoms with Gasteiger partial charge in [-0.15, -0.1) is 0 Å². The number of piperazine rings is 1. The highest BCUT2D eigenvalue weighted by Gasteiger charge is 2.27. The molecular formula is C26H34N4O2. The molecule has 0 bridgehead atoms. The summed E-state index contributed by atoms with van der Waals surface area (Å²) in [5.74, 6) is 0.944. The molecule has 170 valence electrons. The van der Waals surface area contributed by atoms with Crippen LogP contribution in [0.4, 0.5) is 0 Å². The van der Waals surface area contributed by atoms with Crippen molar-refractivity contribution in [2.24, 2.45) is 0 Å². The van der Waals surface area contributed by atoms with Gasteiger partial charge in [-0.25, -0.2) is 4.68 Å². The number of rotatable bonds is 8. The first kappa shape index (κ1) is 22.5. The van der Waals surface area contributed by atoms with Crippen molar-refractivity contribution in [3.05, 3.63) is 77.1 Å². The summed E-state index contributed by atoms with van der Waals surface area (Å²) in [5, 5.41) is 14.2. The average molecular weight is 435 g/mol. The SMILES string of the molecule is COc1ccc(CN2CCN(Cc3cnn(-c4ccccc4)c3)C[C@H]2CCO)c(C)c1C. The van der Waals surface area contributed by atoms with Crippen LogP contribution in [-0.2, 0) is 13.1 Å². The van der Waals surface area contributed by atoms with Gasteiger partial charge in [0.25, 0.3) is 0 Å². The highest BCUT2D eigenvalue weighted by atomic mass is 16.5. The molecule has 1 fully saturated rings. The molecule has 6 nitrogen and oxygen atoms in total. The Labute approximate surface area is 191 Å². The van der Waals surface area contributed by atoms with Crippen molar-refractivity contribution in [3.8, 4) is 11.4 Å². The molecule has 1 saturated heterocycles. The third-order valence-corrected chi connectivity index (χ3v) is 6.66. The van der Waals surface area contributed by atoms with Gasteiger partial charge in [0.2, 0.25) is 0 Å². The van der Waals surface area contributed by atoms with Crippen LogP contribution in [0, 0.1) is 13.8 Å². The van der Waals surface area contributed by atoms with E-state index in [4.69, 9.17) is 4.74 Å². The molecule has 4 rings (SSSR count). The van der Waals surface area contributed by atoms with E-state index in [-0.39, 0.29) is 6.61 Å². The summed E-state index contributed by atoms with van der Waals surface area (Å²) in [7, 11) is 1.72. The Hall–Kier alpha value is -2.67. The minimum Gasteiger partial charge on any atom is -0.496 e. The first-order chi connectivity index (χ1) is 15.6. The predicted molar refractivity (Wildman–Crippen MR) is 127 cm³/mol. The van der Waals surface area contributed by atoms with Crippen molar-refractivity contribution >= 4 is 0 Å². The molecule has 0 amide bonds. The molecule has 1 aliphatic heterocycles. The number of aromatic nitrogens is 2. The monoisotopic (exact) mass is 434 g/mol. The van der Waals surface area contributed by atoms with E-state index in [0.717, 1.165) is 50.6 Å². The van der Waals surface area contributed by atoms with E-state index in [1.165, 1.54) is 22.3 Å².